The van der Waals surface area contributed by atoms with Gasteiger partial charge in [-0.05, 0) is 81.1 Å². The highest BCUT2D eigenvalue weighted by atomic mass is 16.2. The summed E-state index contributed by atoms with van der Waals surface area (Å²) >= 11 is 0. The Bertz CT molecular complexity index is 398. The molecular formula is C18H30N2O. The minimum absolute atomic E-state index is 0.182. The summed E-state index contributed by atoms with van der Waals surface area (Å²) in [7, 11) is 0. The molecule has 4 aliphatic carbocycles. The Morgan fingerprint density at radius 1 is 1.10 bits per heavy atom. The Morgan fingerprint density at radius 2 is 1.67 bits per heavy atom. The molecule has 3 heteroatoms. The van der Waals surface area contributed by atoms with Crippen molar-refractivity contribution in [2.45, 2.75) is 58.4 Å². The topological polar surface area (TPSA) is 41.1 Å². The average molecular weight is 290 g/mol. The van der Waals surface area contributed by atoms with Gasteiger partial charge >= 0.3 is 0 Å². The number of nitrogens with one attached hydrogen (secondary N) is 2. The van der Waals surface area contributed by atoms with Crippen molar-refractivity contribution in [3.05, 3.63) is 0 Å². The Morgan fingerprint density at radius 3 is 2.14 bits per heavy atom. The average Bonchev–Trinajstić information content (AvgIpc) is 2.83. The molecule has 1 unspecified atom stereocenters. The predicted octanol–water partition coefficient (Wildman–Crippen LogP) is 2.56. The van der Waals surface area contributed by atoms with Gasteiger partial charge in [-0.15, -0.1) is 0 Å². The molecule has 0 spiro atoms. The van der Waals surface area contributed by atoms with Gasteiger partial charge in [-0.2, -0.15) is 0 Å². The lowest BCUT2D eigenvalue weighted by atomic mass is 9.48. The van der Waals surface area contributed by atoms with Gasteiger partial charge in [-0.25, -0.2) is 0 Å². The van der Waals surface area contributed by atoms with E-state index in [2.05, 4.69) is 24.5 Å². The maximum Gasteiger partial charge on any atom is 0.224 e. The fourth-order valence-corrected chi connectivity index (χ4v) is 6.34. The first kappa shape index (κ1) is 14.0. The lowest BCUT2D eigenvalue weighted by molar-refractivity contribution is -0.130. The lowest BCUT2D eigenvalue weighted by Gasteiger charge is -2.59. The van der Waals surface area contributed by atoms with Gasteiger partial charge in [0.2, 0.25) is 5.91 Å². The molecule has 1 amide bonds. The molecule has 5 fully saturated rings. The molecular weight excluding hydrogens is 260 g/mol. The van der Waals surface area contributed by atoms with Gasteiger partial charge < -0.3 is 10.6 Å². The van der Waals surface area contributed by atoms with Crippen LogP contribution in [0.2, 0.25) is 0 Å². The van der Waals surface area contributed by atoms with E-state index in [4.69, 9.17) is 0 Å². The molecule has 5 rings (SSSR count). The van der Waals surface area contributed by atoms with Crippen LogP contribution in [-0.4, -0.2) is 25.0 Å². The molecule has 4 bridgehead atoms. The number of hydrogen-bond acceptors (Lipinski definition) is 2. The molecule has 0 aromatic rings. The van der Waals surface area contributed by atoms with E-state index in [9.17, 15) is 4.79 Å². The minimum Gasteiger partial charge on any atom is -0.353 e. The molecule has 3 nitrogen and oxygen atoms in total. The molecule has 1 saturated heterocycles. The number of hydrogen-bond donors (Lipinski definition) is 2. The standard InChI is InChI=1S/C18H30N2O/c1-11-9-19-10-16(11)17(21)20-12(2)18-6-13-3-14(7-18)5-15(4-13)8-18/h11-16,19H,3-10H2,1-2H3,(H,20,21)/t11-,12?,13?,14?,15?,16-,18?/m1/s1. The molecule has 1 aliphatic heterocycles. The van der Waals surface area contributed by atoms with Gasteiger partial charge in [0.05, 0.1) is 5.92 Å². The van der Waals surface area contributed by atoms with Crippen LogP contribution in [0.25, 0.3) is 0 Å². The third-order valence-electron chi connectivity index (χ3n) is 7.22. The summed E-state index contributed by atoms with van der Waals surface area (Å²) in [5.41, 5.74) is 0.430. The quantitative estimate of drug-likeness (QED) is 0.839. The minimum atomic E-state index is 0.182. The summed E-state index contributed by atoms with van der Waals surface area (Å²) in [5.74, 6) is 3.85. The van der Waals surface area contributed by atoms with Crippen LogP contribution in [0.4, 0.5) is 0 Å². The molecule has 5 aliphatic rings. The monoisotopic (exact) mass is 290 g/mol. The zero-order chi connectivity index (χ0) is 14.6. The first-order valence-electron chi connectivity index (χ1n) is 9.07. The molecule has 0 aromatic carbocycles. The summed E-state index contributed by atoms with van der Waals surface area (Å²) < 4.78 is 0. The van der Waals surface area contributed by atoms with E-state index in [1.807, 2.05) is 0 Å². The third kappa shape index (κ3) is 2.32. The molecule has 0 aromatic heterocycles. The fraction of sp³-hybridized carbons (Fsp3) is 0.944. The van der Waals surface area contributed by atoms with Crippen LogP contribution in [-0.2, 0) is 4.79 Å². The first-order chi connectivity index (χ1) is 10.1. The SMILES string of the molecule is CC(NC(=O)[C@@H]1CNC[C@H]1C)C12CC3CC(CC(C3)C1)C2. The normalized spacial score (nSPS) is 49.3. The Balaban J connectivity index is 1.45. The molecule has 118 valence electrons. The zero-order valence-corrected chi connectivity index (χ0v) is 13.5. The van der Waals surface area contributed by atoms with Crippen LogP contribution < -0.4 is 10.6 Å². The van der Waals surface area contributed by atoms with Crippen molar-refractivity contribution in [2.75, 3.05) is 13.1 Å². The van der Waals surface area contributed by atoms with Crippen molar-refractivity contribution in [3.63, 3.8) is 0 Å². The van der Waals surface area contributed by atoms with Crippen LogP contribution in [0.3, 0.4) is 0 Å². The van der Waals surface area contributed by atoms with Crippen molar-refractivity contribution in [1.29, 1.82) is 0 Å². The Labute approximate surface area is 128 Å². The number of carbonyl (C=O) groups is 1. The predicted molar refractivity (Wildman–Crippen MR) is 83.7 cm³/mol. The van der Waals surface area contributed by atoms with Gasteiger partial charge in [0.25, 0.3) is 0 Å². The van der Waals surface area contributed by atoms with Crippen molar-refractivity contribution < 1.29 is 4.79 Å². The van der Waals surface area contributed by atoms with Crippen molar-refractivity contribution in [2.24, 2.45) is 35.0 Å². The van der Waals surface area contributed by atoms with Crippen molar-refractivity contribution in [1.82, 2.24) is 10.6 Å². The number of amides is 1. The fourth-order valence-electron chi connectivity index (χ4n) is 6.34. The smallest absolute Gasteiger partial charge is 0.224 e. The Kier molecular flexibility index (Phi) is 3.33. The second-order valence-corrected chi connectivity index (χ2v) is 8.75. The van der Waals surface area contributed by atoms with E-state index >= 15 is 0 Å². The van der Waals surface area contributed by atoms with Gasteiger partial charge in [0.1, 0.15) is 0 Å². The third-order valence-corrected chi connectivity index (χ3v) is 7.22. The Hall–Kier alpha value is -0.570. The molecule has 0 radical (unpaired) electrons. The summed E-state index contributed by atoms with van der Waals surface area (Å²) in [5, 5.41) is 6.78. The molecule has 2 N–H and O–H groups in total. The van der Waals surface area contributed by atoms with E-state index in [0.29, 0.717) is 23.3 Å². The van der Waals surface area contributed by atoms with E-state index in [0.717, 1.165) is 30.8 Å². The summed E-state index contributed by atoms with van der Waals surface area (Å²) in [6.07, 6.45) is 8.55. The first-order valence-corrected chi connectivity index (χ1v) is 9.07. The van der Waals surface area contributed by atoms with E-state index in [1.165, 1.54) is 38.5 Å². The van der Waals surface area contributed by atoms with Crippen LogP contribution in [0.15, 0.2) is 0 Å². The van der Waals surface area contributed by atoms with Gasteiger partial charge in [0.15, 0.2) is 0 Å². The van der Waals surface area contributed by atoms with Crippen molar-refractivity contribution >= 4 is 5.91 Å². The highest BCUT2D eigenvalue weighted by Gasteiger charge is 2.53. The summed E-state index contributed by atoms with van der Waals surface area (Å²) in [6, 6.07) is 0.367. The van der Waals surface area contributed by atoms with Gasteiger partial charge in [-0.1, -0.05) is 6.92 Å². The molecule has 3 atom stereocenters. The maximum atomic E-state index is 12.6. The molecule has 4 saturated carbocycles. The van der Waals surface area contributed by atoms with Gasteiger partial charge in [-0.3, -0.25) is 4.79 Å². The molecule has 21 heavy (non-hydrogen) atoms. The van der Waals surface area contributed by atoms with E-state index < -0.39 is 0 Å². The van der Waals surface area contributed by atoms with Crippen LogP contribution in [0.1, 0.15) is 52.4 Å². The van der Waals surface area contributed by atoms with Gasteiger partial charge in [0, 0.05) is 12.6 Å². The summed E-state index contributed by atoms with van der Waals surface area (Å²) in [6.45, 7) is 6.34. The van der Waals surface area contributed by atoms with Crippen LogP contribution in [0.5, 0.6) is 0 Å². The highest BCUT2D eigenvalue weighted by molar-refractivity contribution is 5.80. The van der Waals surface area contributed by atoms with Crippen molar-refractivity contribution in [3.8, 4) is 0 Å². The number of carbonyl (C=O) groups excluding carboxylic acids is 1. The highest BCUT2D eigenvalue weighted by Crippen LogP contribution is 2.61. The van der Waals surface area contributed by atoms with Crippen LogP contribution in [0, 0.1) is 35.0 Å². The second kappa shape index (κ2) is 4.97. The van der Waals surface area contributed by atoms with Crippen LogP contribution >= 0.6 is 0 Å². The van der Waals surface area contributed by atoms with E-state index in [-0.39, 0.29) is 5.92 Å². The zero-order valence-electron chi connectivity index (χ0n) is 13.5. The number of rotatable bonds is 3. The lowest BCUT2D eigenvalue weighted by Crippen LogP contribution is -2.56. The summed E-state index contributed by atoms with van der Waals surface area (Å²) in [4.78, 5) is 12.6. The molecule has 1 heterocycles. The largest absolute Gasteiger partial charge is 0.353 e. The maximum absolute atomic E-state index is 12.6. The van der Waals surface area contributed by atoms with E-state index in [1.54, 1.807) is 0 Å². The second-order valence-electron chi connectivity index (χ2n) is 8.75.